The molecule has 1 aromatic rings. The van der Waals surface area contributed by atoms with Crippen molar-refractivity contribution in [1.29, 1.82) is 0 Å². The molecule has 0 saturated heterocycles. The maximum atomic E-state index is 5.48. The van der Waals surface area contributed by atoms with Crippen LogP contribution < -0.4 is 5.32 Å². The van der Waals surface area contributed by atoms with Crippen LogP contribution in [0.3, 0.4) is 0 Å². The standard InChI is InChI=1S/C11H21N3O2/c1-12-10-11-4-5-13-14(11)6-9-16-8-3-7-15-2/h4-5,12H,3,6-10H2,1-2H3. The number of rotatable bonds is 9. The summed E-state index contributed by atoms with van der Waals surface area (Å²) in [6.07, 6.45) is 2.76. The molecule has 0 amide bonds. The zero-order valence-electron chi connectivity index (χ0n) is 10.1. The number of nitrogens with zero attached hydrogens (tertiary/aromatic N) is 2. The van der Waals surface area contributed by atoms with Gasteiger partial charge in [-0.25, -0.2) is 0 Å². The van der Waals surface area contributed by atoms with Crippen molar-refractivity contribution in [3.63, 3.8) is 0 Å². The monoisotopic (exact) mass is 227 g/mol. The first-order valence-corrected chi connectivity index (χ1v) is 5.60. The summed E-state index contributed by atoms with van der Waals surface area (Å²) in [5, 5.41) is 7.35. The van der Waals surface area contributed by atoms with E-state index in [1.165, 1.54) is 5.69 Å². The van der Waals surface area contributed by atoms with E-state index in [1.54, 1.807) is 7.11 Å². The molecule has 16 heavy (non-hydrogen) atoms. The van der Waals surface area contributed by atoms with Gasteiger partial charge in [0.15, 0.2) is 0 Å². The highest BCUT2D eigenvalue weighted by molar-refractivity contribution is 4.99. The average molecular weight is 227 g/mol. The lowest BCUT2D eigenvalue weighted by molar-refractivity contribution is 0.0956. The number of hydrogen-bond donors (Lipinski definition) is 1. The first kappa shape index (κ1) is 13.2. The van der Waals surface area contributed by atoms with Gasteiger partial charge in [-0.2, -0.15) is 5.10 Å². The molecule has 0 aliphatic rings. The van der Waals surface area contributed by atoms with Crippen LogP contribution in [-0.4, -0.2) is 43.8 Å². The van der Waals surface area contributed by atoms with Gasteiger partial charge in [0.05, 0.1) is 18.8 Å². The third-order valence-corrected chi connectivity index (χ3v) is 2.25. The highest BCUT2D eigenvalue weighted by Crippen LogP contribution is 1.98. The van der Waals surface area contributed by atoms with E-state index >= 15 is 0 Å². The minimum Gasteiger partial charge on any atom is -0.385 e. The van der Waals surface area contributed by atoms with E-state index in [2.05, 4.69) is 10.4 Å². The molecule has 1 aromatic heterocycles. The summed E-state index contributed by atoms with van der Waals surface area (Å²) >= 11 is 0. The van der Waals surface area contributed by atoms with Crippen molar-refractivity contribution in [2.24, 2.45) is 0 Å². The quantitative estimate of drug-likeness (QED) is 0.629. The van der Waals surface area contributed by atoms with Gasteiger partial charge >= 0.3 is 0 Å². The third-order valence-electron chi connectivity index (χ3n) is 2.25. The summed E-state index contributed by atoms with van der Waals surface area (Å²) in [5.74, 6) is 0. The van der Waals surface area contributed by atoms with Crippen molar-refractivity contribution in [2.45, 2.75) is 19.5 Å². The molecular formula is C11H21N3O2. The van der Waals surface area contributed by atoms with Crippen LogP contribution in [0, 0.1) is 0 Å². The van der Waals surface area contributed by atoms with Crippen molar-refractivity contribution < 1.29 is 9.47 Å². The van der Waals surface area contributed by atoms with E-state index < -0.39 is 0 Å². The highest BCUT2D eigenvalue weighted by Gasteiger charge is 2.00. The van der Waals surface area contributed by atoms with E-state index in [0.29, 0.717) is 6.61 Å². The first-order chi connectivity index (χ1) is 7.88. The van der Waals surface area contributed by atoms with Crippen molar-refractivity contribution in [1.82, 2.24) is 15.1 Å². The molecule has 1 N–H and O–H groups in total. The molecule has 0 radical (unpaired) electrons. The van der Waals surface area contributed by atoms with E-state index in [0.717, 1.165) is 32.7 Å². The van der Waals surface area contributed by atoms with Gasteiger partial charge in [-0.3, -0.25) is 4.68 Å². The van der Waals surface area contributed by atoms with Gasteiger partial charge in [0.1, 0.15) is 0 Å². The summed E-state index contributed by atoms with van der Waals surface area (Å²) in [6.45, 7) is 3.84. The Morgan fingerprint density at radius 2 is 2.25 bits per heavy atom. The second-order valence-corrected chi connectivity index (χ2v) is 3.53. The lowest BCUT2D eigenvalue weighted by Gasteiger charge is -2.07. The highest BCUT2D eigenvalue weighted by atomic mass is 16.5. The zero-order valence-corrected chi connectivity index (χ0v) is 10.1. The molecule has 0 fully saturated rings. The first-order valence-electron chi connectivity index (χ1n) is 5.60. The normalized spacial score (nSPS) is 10.9. The van der Waals surface area contributed by atoms with E-state index in [-0.39, 0.29) is 0 Å². The molecule has 5 heteroatoms. The van der Waals surface area contributed by atoms with Crippen molar-refractivity contribution in [3.05, 3.63) is 18.0 Å². The number of methoxy groups -OCH3 is 1. The molecule has 0 bridgehead atoms. The maximum Gasteiger partial charge on any atom is 0.0662 e. The molecule has 1 rings (SSSR count). The SMILES string of the molecule is CNCc1ccnn1CCOCCCOC. The van der Waals surface area contributed by atoms with Crippen LogP contribution in [0.2, 0.25) is 0 Å². The molecule has 0 spiro atoms. The summed E-state index contributed by atoms with van der Waals surface area (Å²) in [7, 11) is 3.63. The average Bonchev–Trinajstić information content (AvgIpc) is 2.72. The third kappa shape index (κ3) is 4.74. The van der Waals surface area contributed by atoms with Gasteiger partial charge in [0.25, 0.3) is 0 Å². The van der Waals surface area contributed by atoms with Crippen molar-refractivity contribution >= 4 is 0 Å². The molecule has 0 saturated carbocycles. The summed E-state index contributed by atoms with van der Waals surface area (Å²) in [6, 6.07) is 2.02. The van der Waals surface area contributed by atoms with E-state index in [4.69, 9.17) is 9.47 Å². The van der Waals surface area contributed by atoms with E-state index in [1.807, 2.05) is 24.0 Å². The molecule has 0 aromatic carbocycles. The van der Waals surface area contributed by atoms with Gasteiger partial charge < -0.3 is 14.8 Å². The summed E-state index contributed by atoms with van der Waals surface area (Å²) in [5.41, 5.74) is 1.18. The summed E-state index contributed by atoms with van der Waals surface area (Å²) in [4.78, 5) is 0. The number of hydrogen-bond acceptors (Lipinski definition) is 4. The molecule has 0 aliphatic heterocycles. The Morgan fingerprint density at radius 3 is 3.00 bits per heavy atom. The second-order valence-electron chi connectivity index (χ2n) is 3.53. The molecule has 0 unspecified atom stereocenters. The van der Waals surface area contributed by atoms with Gasteiger partial charge in [0.2, 0.25) is 0 Å². The molecule has 5 nitrogen and oxygen atoms in total. The summed E-state index contributed by atoms with van der Waals surface area (Å²) < 4.78 is 12.4. The number of nitrogens with one attached hydrogen (secondary N) is 1. The van der Waals surface area contributed by atoms with Crippen LogP contribution in [-0.2, 0) is 22.6 Å². The van der Waals surface area contributed by atoms with Gasteiger partial charge in [-0.1, -0.05) is 0 Å². The predicted molar refractivity (Wildman–Crippen MR) is 62.3 cm³/mol. The van der Waals surface area contributed by atoms with Gasteiger partial charge in [-0.05, 0) is 19.5 Å². The maximum absolute atomic E-state index is 5.48. The zero-order chi connectivity index (χ0) is 11.6. The Morgan fingerprint density at radius 1 is 1.38 bits per heavy atom. The van der Waals surface area contributed by atoms with Crippen LogP contribution in [0.4, 0.5) is 0 Å². The smallest absolute Gasteiger partial charge is 0.0662 e. The largest absolute Gasteiger partial charge is 0.385 e. The van der Waals surface area contributed by atoms with Crippen LogP contribution in [0.25, 0.3) is 0 Å². The van der Waals surface area contributed by atoms with Crippen LogP contribution in [0.1, 0.15) is 12.1 Å². The van der Waals surface area contributed by atoms with Crippen LogP contribution in [0.5, 0.6) is 0 Å². The van der Waals surface area contributed by atoms with Gasteiger partial charge in [0, 0.05) is 33.1 Å². The Hall–Kier alpha value is -0.910. The topological polar surface area (TPSA) is 48.3 Å². The van der Waals surface area contributed by atoms with Crippen LogP contribution >= 0.6 is 0 Å². The minimum atomic E-state index is 0.697. The molecule has 1 heterocycles. The Bertz CT molecular complexity index is 276. The molecule has 0 aliphatic carbocycles. The van der Waals surface area contributed by atoms with E-state index in [9.17, 15) is 0 Å². The number of aromatic nitrogens is 2. The lowest BCUT2D eigenvalue weighted by atomic mass is 10.4. The van der Waals surface area contributed by atoms with Crippen LogP contribution in [0.15, 0.2) is 12.3 Å². The second kappa shape index (κ2) is 8.27. The van der Waals surface area contributed by atoms with Gasteiger partial charge in [-0.15, -0.1) is 0 Å². The fourth-order valence-corrected chi connectivity index (χ4v) is 1.45. The van der Waals surface area contributed by atoms with Crippen molar-refractivity contribution in [3.8, 4) is 0 Å². The van der Waals surface area contributed by atoms with Crippen molar-refractivity contribution in [2.75, 3.05) is 34.0 Å². The Kier molecular flexibility index (Phi) is 6.80. The fraction of sp³-hybridized carbons (Fsp3) is 0.727. The predicted octanol–water partition coefficient (Wildman–Crippen LogP) is 0.656. The lowest BCUT2D eigenvalue weighted by Crippen LogP contribution is -2.15. The molecular weight excluding hydrogens is 206 g/mol. The Balaban J connectivity index is 2.13. The molecule has 0 atom stereocenters. The number of ether oxygens (including phenoxy) is 2. The fourth-order valence-electron chi connectivity index (χ4n) is 1.45. The molecule has 92 valence electrons. The minimum absolute atomic E-state index is 0.697. The Labute approximate surface area is 96.7 Å².